The van der Waals surface area contributed by atoms with Crippen LogP contribution in [0.1, 0.15) is 37.2 Å². The molecule has 26 heavy (non-hydrogen) atoms. The average molecular weight is 355 g/mol. The molecule has 0 aromatic carbocycles. The van der Waals surface area contributed by atoms with Crippen molar-refractivity contribution in [2.75, 3.05) is 13.2 Å². The number of rotatable bonds is 2. The molecule has 3 aliphatic rings. The number of hydrogen-bond donors (Lipinski definition) is 1. The first-order valence-corrected chi connectivity index (χ1v) is 9.08. The Morgan fingerprint density at radius 2 is 2.27 bits per heavy atom. The maximum Gasteiger partial charge on any atom is 0.272 e. The summed E-state index contributed by atoms with van der Waals surface area (Å²) in [4.78, 5) is 33.9. The van der Waals surface area contributed by atoms with Crippen LogP contribution >= 0.6 is 0 Å². The number of H-pyrrole nitrogens is 1. The van der Waals surface area contributed by atoms with Crippen LogP contribution in [0.15, 0.2) is 18.3 Å². The van der Waals surface area contributed by atoms with Crippen LogP contribution in [0.25, 0.3) is 11.0 Å². The van der Waals surface area contributed by atoms with Gasteiger partial charge >= 0.3 is 0 Å². The van der Waals surface area contributed by atoms with Gasteiger partial charge in [-0.2, -0.15) is 5.10 Å². The number of hydrogen-bond acceptors (Lipinski definition) is 5. The minimum absolute atomic E-state index is 0.0840. The lowest BCUT2D eigenvalue weighted by atomic mass is 10.0. The molecule has 0 aliphatic carbocycles. The Balaban J connectivity index is 1.47. The standard InChI is InChI=1S/C18H21N5O3/c1-10(2)13-9-26-18-5-6-22(14(18)7-15(24)23(13)18)17(25)12-4-3-11-8-19-21-16(11)20-12/h3-4,8,10,13-14H,5-7,9H2,1-2H3,(H,19,20,21)/t13-,14+,18-/m0/s1. The molecule has 0 radical (unpaired) electrons. The van der Waals surface area contributed by atoms with Gasteiger partial charge in [-0.25, -0.2) is 4.98 Å². The summed E-state index contributed by atoms with van der Waals surface area (Å²) in [7, 11) is 0. The highest BCUT2D eigenvalue weighted by Gasteiger charge is 2.65. The zero-order valence-electron chi connectivity index (χ0n) is 14.8. The third-order valence-corrected chi connectivity index (χ3v) is 6.04. The zero-order chi connectivity index (χ0) is 18.1. The second-order valence-corrected chi connectivity index (χ2v) is 7.70. The fourth-order valence-corrected chi connectivity index (χ4v) is 4.71. The van der Waals surface area contributed by atoms with Crippen LogP contribution < -0.4 is 0 Å². The predicted octanol–water partition coefficient (Wildman–Crippen LogP) is 1.16. The van der Waals surface area contributed by atoms with Crippen molar-refractivity contribution in [2.45, 2.75) is 44.5 Å². The van der Waals surface area contributed by atoms with E-state index in [2.05, 4.69) is 29.0 Å². The second kappa shape index (κ2) is 5.26. The SMILES string of the molecule is CC(C)[C@@H]1CO[C@@]23CCN(C(=O)c4ccc5cn[nH]c5n4)[C@@H]2CC(=O)N13. The van der Waals surface area contributed by atoms with Crippen molar-refractivity contribution >= 4 is 22.8 Å². The Morgan fingerprint density at radius 3 is 3.08 bits per heavy atom. The first kappa shape index (κ1) is 15.7. The van der Waals surface area contributed by atoms with Crippen LogP contribution in [0.5, 0.6) is 0 Å². The Kier molecular flexibility index (Phi) is 3.19. The van der Waals surface area contributed by atoms with Crippen molar-refractivity contribution in [2.24, 2.45) is 5.92 Å². The van der Waals surface area contributed by atoms with Gasteiger partial charge in [-0.15, -0.1) is 0 Å². The van der Waals surface area contributed by atoms with Crippen LogP contribution in [0, 0.1) is 5.92 Å². The predicted molar refractivity (Wildman–Crippen MR) is 92.1 cm³/mol. The quantitative estimate of drug-likeness (QED) is 0.873. The van der Waals surface area contributed by atoms with E-state index in [1.54, 1.807) is 17.2 Å². The lowest BCUT2D eigenvalue weighted by Crippen LogP contribution is -2.51. The number of nitrogens with zero attached hydrogens (tertiary/aromatic N) is 4. The molecule has 2 amide bonds. The van der Waals surface area contributed by atoms with Gasteiger partial charge < -0.3 is 14.5 Å². The Hall–Kier alpha value is -2.48. The van der Waals surface area contributed by atoms with E-state index >= 15 is 0 Å². The molecule has 1 N–H and O–H groups in total. The molecule has 0 unspecified atom stereocenters. The van der Waals surface area contributed by atoms with E-state index in [9.17, 15) is 9.59 Å². The van der Waals surface area contributed by atoms with Crippen molar-refractivity contribution < 1.29 is 14.3 Å². The maximum atomic E-state index is 13.1. The highest BCUT2D eigenvalue weighted by molar-refractivity contribution is 5.96. The van der Waals surface area contributed by atoms with Crippen molar-refractivity contribution in [3.63, 3.8) is 0 Å². The topological polar surface area (TPSA) is 91.4 Å². The molecule has 2 aromatic rings. The number of likely N-dealkylation sites (tertiary alicyclic amines) is 1. The van der Waals surface area contributed by atoms with E-state index in [4.69, 9.17) is 4.74 Å². The molecule has 5 rings (SSSR count). The lowest BCUT2D eigenvalue weighted by Gasteiger charge is -2.34. The first-order chi connectivity index (χ1) is 12.5. The van der Waals surface area contributed by atoms with Crippen LogP contribution in [0.2, 0.25) is 0 Å². The van der Waals surface area contributed by atoms with Crippen molar-refractivity contribution in [3.8, 4) is 0 Å². The van der Waals surface area contributed by atoms with Gasteiger partial charge in [0.1, 0.15) is 5.69 Å². The molecule has 136 valence electrons. The summed E-state index contributed by atoms with van der Waals surface area (Å²) in [6.07, 6.45) is 2.65. The summed E-state index contributed by atoms with van der Waals surface area (Å²) in [6.45, 7) is 5.32. The second-order valence-electron chi connectivity index (χ2n) is 7.70. The van der Waals surface area contributed by atoms with Crippen molar-refractivity contribution in [1.29, 1.82) is 0 Å². The average Bonchev–Trinajstić information content (AvgIpc) is 3.35. The van der Waals surface area contributed by atoms with E-state index in [0.717, 1.165) is 5.39 Å². The van der Waals surface area contributed by atoms with Gasteiger partial charge in [0.2, 0.25) is 5.91 Å². The summed E-state index contributed by atoms with van der Waals surface area (Å²) in [6, 6.07) is 3.39. The Bertz CT molecular complexity index is 909. The van der Waals surface area contributed by atoms with Crippen molar-refractivity contribution in [1.82, 2.24) is 25.0 Å². The third-order valence-electron chi connectivity index (χ3n) is 6.04. The monoisotopic (exact) mass is 355 g/mol. The van der Waals surface area contributed by atoms with Crippen LogP contribution in [-0.2, 0) is 9.53 Å². The molecule has 3 fully saturated rings. The number of aromatic amines is 1. The molecular weight excluding hydrogens is 334 g/mol. The normalized spacial score (nSPS) is 30.5. The first-order valence-electron chi connectivity index (χ1n) is 9.08. The number of pyridine rings is 1. The van der Waals surface area contributed by atoms with E-state index in [-0.39, 0.29) is 23.9 Å². The maximum absolute atomic E-state index is 13.1. The molecule has 3 atom stereocenters. The molecule has 1 spiro atoms. The largest absolute Gasteiger partial charge is 0.351 e. The smallest absolute Gasteiger partial charge is 0.272 e. The van der Waals surface area contributed by atoms with Gasteiger partial charge in [-0.1, -0.05) is 13.8 Å². The van der Waals surface area contributed by atoms with Gasteiger partial charge in [0.15, 0.2) is 11.4 Å². The molecule has 8 heteroatoms. The Morgan fingerprint density at radius 1 is 1.42 bits per heavy atom. The molecule has 3 aliphatic heterocycles. The van der Waals surface area contributed by atoms with Gasteiger partial charge in [-0.3, -0.25) is 14.7 Å². The number of carbonyl (C=O) groups excluding carboxylic acids is 2. The fraction of sp³-hybridized carbons (Fsp3) is 0.556. The number of ether oxygens (including phenoxy) is 1. The van der Waals surface area contributed by atoms with Gasteiger partial charge in [0.25, 0.3) is 5.91 Å². The summed E-state index contributed by atoms with van der Waals surface area (Å²) < 4.78 is 6.18. The molecule has 0 bridgehead atoms. The van der Waals surface area contributed by atoms with E-state index in [1.165, 1.54) is 0 Å². The molecule has 3 saturated heterocycles. The van der Waals surface area contributed by atoms with E-state index < -0.39 is 5.72 Å². The third kappa shape index (κ3) is 1.93. The van der Waals surface area contributed by atoms with Crippen LogP contribution in [0.4, 0.5) is 0 Å². The number of aromatic nitrogens is 3. The summed E-state index contributed by atoms with van der Waals surface area (Å²) in [5, 5.41) is 7.60. The van der Waals surface area contributed by atoms with E-state index in [1.807, 2.05) is 11.0 Å². The number of nitrogens with one attached hydrogen (secondary N) is 1. The molecular formula is C18H21N5O3. The lowest BCUT2D eigenvalue weighted by molar-refractivity contribution is -0.139. The summed E-state index contributed by atoms with van der Waals surface area (Å²) >= 11 is 0. The molecule has 8 nitrogen and oxygen atoms in total. The minimum atomic E-state index is -0.653. The molecule has 2 aromatic heterocycles. The van der Waals surface area contributed by atoms with Gasteiger partial charge in [0, 0.05) is 18.4 Å². The minimum Gasteiger partial charge on any atom is -0.351 e. The number of carbonyl (C=O) groups is 2. The van der Waals surface area contributed by atoms with Crippen LogP contribution in [-0.4, -0.2) is 67.8 Å². The van der Waals surface area contributed by atoms with Gasteiger partial charge in [0.05, 0.1) is 31.3 Å². The summed E-state index contributed by atoms with van der Waals surface area (Å²) in [5.41, 5.74) is 0.300. The highest BCUT2D eigenvalue weighted by Crippen LogP contribution is 2.49. The van der Waals surface area contributed by atoms with Crippen LogP contribution in [0.3, 0.4) is 0 Å². The van der Waals surface area contributed by atoms with Gasteiger partial charge in [-0.05, 0) is 18.1 Å². The number of amides is 2. The Labute approximate surface area is 150 Å². The summed E-state index contributed by atoms with van der Waals surface area (Å²) in [5.74, 6) is 0.251. The number of fused-ring (bicyclic) bond motifs is 1. The fourth-order valence-electron chi connectivity index (χ4n) is 4.71. The molecule has 0 saturated carbocycles. The van der Waals surface area contributed by atoms with E-state index in [0.29, 0.717) is 43.3 Å². The zero-order valence-corrected chi connectivity index (χ0v) is 14.8. The highest BCUT2D eigenvalue weighted by atomic mass is 16.5. The molecule has 5 heterocycles. The van der Waals surface area contributed by atoms with Crippen molar-refractivity contribution in [3.05, 3.63) is 24.0 Å².